The molecule has 1 fully saturated rings. The van der Waals surface area contributed by atoms with Gasteiger partial charge >= 0.3 is 0 Å². The molecule has 1 amide bonds. The number of hydrogen-bond acceptors (Lipinski definition) is 3. The molecule has 1 atom stereocenters. The van der Waals surface area contributed by atoms with Crippen LogP contribution in [-0.4, -0.2) is 31.2 Å². The third-order valence-electron chi connectivity index (χ3n) is 4.72. The summed E-state index contributed by atoms with van der Waals surface area (Å²) in [6.07, 6.45) is 2.79. The van der Waals surface area contributed by atoms with Crippen LogP contribution in [0.5, 0.6) is 0 Å². The molecule has 3 rings (SSSR count). The first kappa shape index (κ1) is 18.6. The molecule has 0 aliphatic carbocycles. The molecule has 2 aromatic carbocycles. The molecule has 6 heteroatoms. The van der Waals surface area contributed by atoms with E-state index in [1.54, 1.807) is 28.6 Å². The summed E-state index contributed by atoms with van der Waals surface area (Å²) in [7, 11) is -3.59. The molecule has 0 bridgehead atoms. The zero-order valence-corrected chi connectivity index (χ0v) is 15.9. The minimum Gasteiger partial charge on any atom is -0.322 e. The minimum absolute atomic E-state index is 0.0153. The molecule has 0 aromatic heterocycles. The number of sulfonamides is 1. The molecule has 1 unspecified atom stereocenters. The number of nitrogens with one attached hydrogen (secondary N) is 1. The molecular formula is C20H24N2O3S. The highest BCUT2D eigenvalue weighted by Gasteiger charge is 2.31. The second-order valence-corrected chi connectivity index (χ2v) is 8.70. The highest BCUT2D eigenvalue weighted by atomic mass is 32.2. The van der Waals surface area contributed by atoms with Crippen LogP contribution in [0.1, 0.15) is 42.1 Å². The van der Waals surface area contributed by atoms with Crippen molar-refractivity contribution in [3.8, 4) is 0 Å². The maximum atomic E-state index is 13.0. The molecule has 5 nitrogen and oxygen atoms in total. The summed E-state index contributed by atoms with van der Waals surface area (Å²) >= 11 is 0. The third kappa shape index (κ3) is 3.97. The lowest BCUT2D eigenvalue weighted by Gasteiger charge is -2.32. The van der Waals surface area contributed by atoms with Crippen molar-refractivity contribution in [2.24, 2.45) is 0 Å². The highest BCUT2D eigenvalue weighted by molar-refractivity contribution is 7.89. The maximum absolute atomic E-state index is 13.0. The second kappa shape index (κ2) is 7.60. The van der Waals surface area contributed by atoms with E-state index in [9.17, 15) is 13.2 Å². The average Bonchev–Trinajstić information content (AvgIpc) is 2.62. The molecule has 0 spiro atoms. The standard InChI is InChI=1S/C20H24N2O3S/c1-15-7-5-10-18(13-15)21-20(23)17-9-6-11-19(14-17)26(24,25)22-12-4-3-8-16(22)2/h5-7,9-11,13-14,16H,3-4,8,12H2,1-2H3,(H,21,23). The van der Waals surface area contributed by atoms with Crippen LogP contribution in [-0.2, 0) is 10.0 Å². The minimum atomic E-state index is -3.59. The van der Waals surface area contributed by atoms with Crippen molar-refractivity contribution in [1.82, 2.24) is 4.31 Å². The number of piperidine rings is 1. The summed E-state index contributed by atoms with van der Waals surface area (Å²) in [6.45, 7) is 4.41. The number of aryl methyl sites for hydroxylation is 1. The first-order valence-electron chi connectivity index (χ1n) is 8.88. The van der Waals surface area contributed by atoms with Gasteiger partial charge in [-0.2, -0.15) is 4.31 Å². The number of anilines is 1. The maximum Gasteiger partial charge on any atom is 0.255 e. The van der Waals surface area contributed by atoms with E-state index in [2.05, 4.69) is 5.32 Å². The van der Waals surface area contributed by atoms with E-state index in [0.717, 1.165) is 24.8 Å². The van der Waals surface area contributed by atoms with Crippen LogP contribution >= 0.6 is 0 Å². The van der Waals surface area contributed by atoms with E-state index >= 15 is 0 Å². The van der Waals surface area contributed by atoms with Crippen LogP contribution in [0.15, 0.2) is 53.4 Å². The normalized spacial score (nSPS) is 18.5. The van der Waals surface area contributed by atoms with Crippen LogP contribution in [0.2, 0.25) is 0 Å². The predicted octanol–water partition coefficient (Wildman–Crippen LogP) is 3.81. The van der Waals surface area contributed by atoms with Crippen LogP contribution in [0, 0.1) is 6.92 Å². The van der Waals surface area contributed by atoms with Crippen LogP contribution in [0.4, 0.5) is 5.69 Å². The van der Waals surface area contributed by atoms with Crippen LogP contribution in [0.25, 0.3) is 0 Å². The Bertz CT molecular complexity index is 909. The zero-order chi connectivity index (χ0) is 18.7. The summed E-state index contributed by atoms with van der Waals surface area (Å²) in [5.41, 5.74) is 2.06. The smallest absolute Gasteiger partial charge is 0.255 e. The van der Waals surface area contributed by atoms with Gasteiger partial charge in [-0.15, -0.1) is 0 Å². The van der Waals surface area contributed by atoms with E-state index in [0.29, 0.717) is 17.8 Å². The molecular weight excluding hydrogens is 348 g/mol. The molecule has 2 aromatic rings. The van der Waals surface area contributed by atoms with Crippen molar-refractivity contribution in [2.45, 2.75) is 44.0 Å². The lowest BCUT2D eigenvalue weighted by atomic mass is 10.1. The number of rotatable bonds is 4. The molecule has 0 saturated carbocycles. The number of hydrogen-bond donors (Lipinski definition) is 1. The lowest BCUT2D eigenvalue weighted by molar-refractivity contribution is 0.102. The average molecular weight is 372 g/mol. The SMILES string of the molecule is Cc1cccc(NC(=O)c2cccc(S(=O)(=O)N3CCCCC3C)c2)c1. The quantitative estimate of drug-likeness (QED) is 0.887. The Morgan fingerprint density at radius 2 is 1.88 bits per heavy atom. The number of benzene rings is 2. The Hall–Kier alpha value is -2.18. The summed E-state index contributed by atoms with van der Waals surface area (Å²) in [5.74, 6) is -0.320. The third-order valence-corrected chi connectivity index (χ3v) is 6.73. The molecule has 138 valence electrons. The summed E-state index contributed by atoms with van der Waals surface area (Å²) in [5, 5.41) is 2.82. The van der Waals surface area contributed by atoms with Gasteiger partial charge < -0.3 is 5.32 Å². The zero-order valence-electron chi connectivity index (χ0n) is 15.1. The van der Waals surface area contributed by atoms with Gasteiger partial charge in [0.1, 0.15) is 0 Å². The summed E-state index contributed by atoms with van der Waals surface area (Å²) < 4.78 is 27.5. The molecule has 1 N–H and O–H groups in total. The van der Waals surface area contributed by atoms with Gasteiger partial charge in [0.25, 0.3) is 5.91 Å². The van der Waals surface area contributed by atoms with E-state index in [1.165, 1.54) is 6.07 Å². The number of amides is 1. The van der Waals surface area contributed by atoms with Crippen molar-refractivity contribution < 1.29 is 13.2 Å². The van der Waals surface area contributed by atoms with Gasteiger partial charge in [-0.05, 0) is 62.6 Å². The van der Waals surface area contributed by atoms with Gasteiger partial charge in [0.2, 0.25) is 10.0 Å². The van der Waals surface area contributed by atoms with E-state index < -0.39 is 10.0 Å². The van der Waals surface area contributed by atoms with Crippen LogP contribution < -0.4 is 5.32 Å². The van der Waals surface area contributed by atoms with Gasteiger partial charge in [-0.3, -0.25) is 4.79 Å². The largest absolute Gasteiger partial charge is 0.322 e. The second-order valence-electron chi connectivity index (χ2n) is 6.81. The number of carbonyl (C=O) groups excluding carboxylic acids is 1. The van der Waals surface area contributed by atoms with Gasteiger partial charge in [0.15, 0.2) is 0 Å². The van der Waals surface area contributed by atoms with Gasteiger partial charge in [0, 0.05) is 23.8 Å². The molecule has 1 aliphatic heterocycles. The Labute approximate surface area is 155 Å². The molecule has 26 heavy (non-hydrogen) atoms. The summed E-state index contributed by atoms with van der Waals surface area (Å²) in [6, 6.07) is 13.7. The topological polar surface area (TPSA) is 66.5 Å². The Balaban J connectivity index is 1.84. The lowest BCUT2D eigenvalue weighted by Crippen LogP contribution is -2.41. The first-order chi connectivity index (χ1) is 12.4. The van der Waals surface area contributed by atoms with E-state index in [4.69, 9.17) is 0 Å². The molecule has 1 aliphatic rings. The van der Waals surface area contributed by atoms with E-state index in [-0.39, 0.29) is 16.8 Å². The van der Waals surface area contributed by atoms with Gasteiger partial charge in [-0.25, -0.2) is 8.42 Å². The molecule has 1 heterocycles. The van der Waals surface area contributed by atoms with Crippen molar-refractivity contribution in [2.75, 3.05) is 11.9 Å². The fraction of sp³-hybridized carbons (Fsp3) is 0.350. The fourth-order valence-corrected chi connectivity index (χ4v) is 5.03. The monoisotopic (exact) mass is 372 g/mol. The first-order valence-corrected chi connectivity index (χ1v) is 10.3. The van der Waals surface area contributed by atoms with Crippen molar-refractivity contribution in [3.63, 3.8) is 0 Å². The number of nitrogens with zero attached hydrogens (tertiary/aromatic N) is 1. The van der Waals surface area contributed by atoms with Crippen molar-refractivity contribution >= 4 is 21.6 Å². The van der Waals surface area contributed by atoms with Crippen molar-refractivity contribution in [1.29, 1.82) is 0 Å². The Kier molecular flexibility index (Phi) is 5.44. The van der Waals surface area contributed by atoms with Crippen LogP contribution in [0.3, 0.4) is 0 Å². The number of carbonyl (C=O) groups is 1. The highest BCUT2D eigenvalue weighted by Crippen LogP contribution is 2.25. The Morgan fingerprint density at radius 1 is 1.12 bits per heavy atom. The Morgan fingerprint density at radius 3 is 2.62 bits per heavy atom. The molecule has 0 radical (unpaired) electrons. The summed E-state index contributed by atoms with van der Waals surface area (Å²) in [4.78, 5) is 12.7. The van der Waals surface area contributed by atoms with E-state index in [1.807, 2.05) is 32.0 Å². The van der Waals surface area contributed by atoms with Crippen molar-refractivity contribution in [3.05, 3.63) is 59.7 Å². The van der Waals surface area contributed by atoms with Gasteiger partial charge in [-0.1, -0.05) is 24.6 Å². The van der Waals surface area contributed by atoms with Gasteiger partial charge in [0.05, 0.1) is 4.90 Å². The fourth-order valence-electron chi connectivity index (χ4n) is 3.29. The molecule has 1 saturated heterocycles. The predicted molar refractivity (Wildman–Crippen MR) is 103 cm³/mol.